The highest BCUT2D eigenvalue weighted by atomic mass is 32.1. The number of carbonyl (C=O) groups excluding carboxylic acids is 1. The van der Waals surface area contributed by atoms with Crippen molar-refractivity contribution in [3.63, 3.8) is 0 Å². The predicted molar refractivity (Wildman–Crippen MR) is 107 cm³/mol. The van der Waals surface area contributed by atoms with Crippen molar-refractivity contribution in [1.29, 1.82) is 0 Å². The minimum Gasteiger partial charge on any atom is -0.467 e. The summed E-state index contributed by atoms with van der Waals surface area (Å²) >= 11 is 5.63. The van der Waals surface area contributed by atoms with Crippen LogP contribution in [0, 0.1) is 0 Å². The number of anilines is 2. The molecule has 1 aromatic carbocycles. The molecule has 2 N–H and O–H groups in total. The molecule has 1 amide bonds. The number of hydrogen-bond donors (Lipinski definition) is 2. The number of rotatable bonds is 4. The Morgan fingerprint density at radius 1 is 1.19 bits per heavy atom. The van der Waals surface area contributed by atoms with E-state index in [0.29, 0.717) is 5.11 Å². The molecule has 0 aliphatic carbocycles. The second-order valence-corrected chi connectivity index (χ2v) is 6.63. The van der Waals surface area contributed by atoms with Gasteiger partial charge in [0, 0.05) is 24.5 Å². The van der Waals surface area contributed by atoms with E-state index in [1.165, 1.54) is 6.92 Å². The fourth-order valence-corrected chi connectivity index (χ4v) is 3.64. The number of amides is 1. The molecule has 3 aromatic rings. The van der Waals surface area contributed by atoms with E-state index in [2.05, 4.69) is 15.6 Å². The first kappa shape index (κ1) is 17.2. The summed E-state index contributed by atoms with van der Waals surface area (Å²) in [6, 6.07) is 16.9. The summed E-state index contributed by atoms with van der Waals surface area (Å²) in [5.41, 5.74) is 2.53. The molecule has 2 aromatic heterocycles. The lowest BCUT2D eigenvalue weighted by atomic mass is 10.0. The average Bonchev–Trinajstić information content (AvgIpc) is 3.30. The van der Waals surface area contributed by atoms with Crippen LogP contribution in [0.2, 0.25) is 0 Å². The highest BCUT2D eigenvalue weighted by molar-refractivity contribution is 7.80. The van der Waals surface area contributed by atoms with E-state index in [-0.39, 0.29) is 18.0 Å². The number of aromatic nitrogens is 1. The molecule has 1 saturated heterocycles. The molecule has 1 aliphatic rings. The van der Waals surface area contributed by atoms with Gasteiger partial charge in [-0.3, -0.25) is 9.78 Å². The SMILES string of the molecule is CC(=O)Nc1ccc(N2C(=S)N[C@H](c3ccccn3)[C@@H]2c2ccco2)cc1. The summed E-state index contributed by atoms with van der Waals surface area (Å²) in [6.07, 6.45) is 3.42. The molecule has 0 saturated carbocycles. The van der Waals surface area contributed by atoms with Crippen LogP contribution in [0.1, 0.15) is 30.5 Å². The maximum absolute atomic E-state index is 11.2. The Morgan fingerprint density at radius 2 is 2.00 bits per heavy atom. The third-order valence-corrected chi connectivity index (χ3v) is 4.71. The fourth-order valence-electron chi connectivity index (χ4n) is 3.29. The molecule has 1 fully saturated rings. The molecule has 1 aliphatic heterocycles. The van der Waals surface area contributed by atoms with Crippen LogP contribution < -0.4 is 15.5 Å². The highest BCUT2D eigenvalue weighted by Crippen LogP contribution is 2.41. The molecule has 0 radical (unpaired) electrons. The van der Waals surface area contributed by atoms with Crippen molar-refractivity contribution in [3.05, 3.63) is 78.5 Å². The summed E-state index contributed by atoms with van der Waals surface area (Å²) in [4.78, 5) is 17.8. The normalized spacial score (nSPS) is 19.0. The number of benzene rings is 1. The molecular weight excluding hydrogens is 360 g/mol. The van der Waals surface area contributed by atoms with E-state index in [9.17, 15) is 4.79 Å². The van der Waals surface area contributed by atoms with E-state index < -0.39 is 0 Å². The van der Waals surface area contributed by atoms with Gasteiger partial charge in [-0.2, -0.15) is 0 Å². The van der Waals surface area contributed by atoms with Crippen molar-refractivity contribution in [3.8, 4) is 0 Å². The van der Waals surface area contributed by atoms with Gasteiger partial charge in [0.25, 0.3) is 0 Å². The van der Waals surface area contributed by atoms with Gasteiger partial charge in [0.2, 0.25) is 5.91 Å². The monoisotopic (exact) mass is 378 g/mol. The van der Waals surface area contributed by atoms with E-state index in [4.69, 9.17) is 16.6 Å². The number of hydrogen-bond acceptors (Lipinski definition) is 4. The standard InChI is InChI=1S/C20H18N4O2S/c1-13(25)22-14-7-9-15(10-8-14)24-19(17-6-4-12-26-17)18(23-20(24)27)16-5-2-3-11-21-16/h2-12,18-19H,1H3,(H,22,25)(H,23,27)/t18-,19+/m1/s1. The van der Waals surface area contributed by atoms with Crippen LogP contribution in [-0.4, -0.2) is 16.0 Å². The van der Waals surface area contributed by atoms with Crippen molar-refractivity contribution in [2.75, 3.05) is 10.2 Å². The quantitative estimate of drug-likeness (QED) is 0.673. The zero-order valence-electron chi connectivity index (χ0n) is 14.6. The van der Waals surface area contributed by atoms with Gasteiger partial charge < -0.3 is 20.0 Å². The topological polar surface area (TPSA) is 70.4 Å². The van der Waals surface area contributed by atoms with Gasteiger partial charge in [-0.1, -0.05) is 6.07 Å². The van der Waals surface area contributed by atoms with Crippen LogP contribution in [0.3, 0.4) is 0 Å². The van der Waals surface area contributed by atoms with Crippen LogP contribution in [0.15, 0.2) is 71.5 Å². The van der Waals surface area contributed by atoms with Crippen LogP contribution in [0.25, 0.3) is 0 Å². The molecule has 27 heavy (non-hydrogen) atoms. The Bertz CT molecular complexity index is 942. The zero-order valence-corrected chi connectivity index (χ0v) is 15.4. The first-order chi connectivity index (χ1) is 13.1. The Kier molecular flexibility index (Phi) is 4.60. The fraction of sp³-hybridized carbons (Fsp3) is 0.150. The summed E-state index contributed by atoms with van der Waals surface area (Å²) in [5.74, 6) is 0.689. The van der Waals surface area contributed by atoms with Gasteiger partial charge >= 0.3 is 0 Å². The lowest BCUT2D eigenvalue weighted by molar-refractivity contribution is -0.114. The van der Waals surface area contributed by atoms with Crippen LogP contribution in [-0.2, 0) is 4.79 Å². The van der Waals surface area contributed by atoms with Gasteiger partial charge in [-0.15, -0.1) is 0 Å². The third-order valence-electron chi connectivity index (χ3n) is 4.40. The van der Waals surface area contributed by atoms with Gasteiger partial charge in [0.1, 0.15) is 11.8 Å². The molecule has 3 heterocycles. The van der Waals surface area contributed by atoms with Crippen LogP contribution in [0.5, 0.6) is 0 Å². The minimum atomic E-state index is -0.172. The molecule has 136 valence electrons. The van der Waals surface area contributed by atoms with Crippen molar-refractivity contribution < 1.29 is 9.21 Å². The maximum atomic E-state index is 11.2. The number of thiocarbonyl (C=S) groups is 1. The van der Waals surface area contributed by atoms with Gasteiger partial charge in [0.15, 0.2) is 5.11 Å². The van der Waals surface area contributed by atoms with Crippen LogP contribution >= 0.6 is 12.2 Å². The molecule has 2 atom stereocenters. The van der Waals surface area contributed by atoms with Gasteiger partial charge in [0.05, 0.1) is 18.0 Å². The zero-order chi connectivity index (χ0) is 18.8. The van der Waals surface area contributed by atoms with Crippen molar-refractivity contribution in [2.45, 2.75) is 19.0 Å². The largest absolute Gasteiger partial charge is 0.467 e. The molecule has 7 heteroatoms. The lowest BCUT2D eigenvalue weighted by Gasteiger charge is -2.26. The number of nitrogens with zero attached hydrogens (tertiary/aromatic N) is 2. The summed E-state index contributed by atoms with van der Waals surface area (Å²) in [6.45, 7) is 1.48. The summed E-state index contributed by atoms with van der Waals surface area (Å²) in [7, 11) is 0. The van der Waals surface area contributed by atoms with Gasteiger partial charge in [-0.25, -0.2) is 0 Å². The number of pyridine rings is 1. The van der Waals surface area contributed by atoms with E-state index >= 15 is 0 Å². The Balaban J connectivity index is 1.72. The number of nitrogens with one attached hydrogen (secondary N) is 2. The van der Waals surface area contributed by atoms with E-state index in [1.54, 1.807) is 12.5 Å². The highest BCUT2D eigenvalue weighted by Gasteiger charge is 2.42. The second-order valence-electron chi connectivity index (χ2n) is 6.24. The Hall–Kier alpha value is -3.19. The van der Waals surface area contributed by atoms with Crippen molar-refractivity contribution in [2.24, 2.45) is 0 Å². The van der Waals surface area contributed by atoms with Crippen molar-refractivity contribution >= 4 is 34.6 Å². The number of carbonyl (C=O) groups is 1. The summed E-state index contributed by atoms with van der Waals surface area (Å²) < 4.78 is 5.72. The number of furan rings is 1. The second kappa shape index (κ2) is 7.20. The minimum absolute atomic E-state index is 0.107. The van der Waals surface area contributed by atoms with E-state index in [0.717, 1.165) is 22.8 Å². The molecule has 0 bridgehead atoms. The Morgan fingerprint density at radius 3 is 2.63 bits per heavy atom. The summed E-state index contributed by atoms with van der Waals surface area (Å²) in [5, 5.41) is 6.74. The predicted octanol–water partition coefficient (Wildman–Crippen LogP) is 3.81. The van der Waals surface area contributed by atoms with Crippen molar-refractivity contribution in [1.82, 2.24) is 10.3 Å². The van der Waals surface area contributed by atoms with E-state index in [1.807, 2.05) is 59.5 Å². The van der Waals surface area contributed by atoms with Gasteiger partial charge in [-0.05, 0) is 60.7 Å². The first-order valence-electron chi connectivity index (χ1n) is 8.55. The average molecular weight is 378 g/mol. The third kappa shape index (κ3) is 3.41. The smallest absolute Gasteiger partial charge is 0.221 e. The maximum Gasteiger partial charge on any atom is 0.221 e. The molecule has 6 nitrogen and oxygen atoms in total. The lowest BCUT2D eigenvalue weighted by Crippen LogP contribution is -2.29. The Labute approximate surface area is 162 Å². The molecule has 0 spiro atoms. The molecule has 0 unspecified atom stereocenters. The first-order valence-corrected chi connectivity index (χ1v) is 8.96. The molecular formula is C20H18N4O2S. The molecule has 4 rings (SSSR count). The van der Waals surface area contributed by atoms with Crippen LogP contribution in [0.4, 0.5) is 11.4 Å².